The molecule has 0 saturated carbocycles. The van der Waals surface area contributed by atoms with Gasteiger partial charge in [-0.2, -0.15) is 0 Å². The molecule has 2 heterocycles. The van der Waals surface area contributed by atoms with Gasteiger partial charge in [-0.15, -0.1) is 21.5 Å². The van der Waals surface area contributed by atoms with E-state index in [1.165, 1.54) is 28.8 Å². The third kappa shape index (κ3) is 4.44. The Bertz CT molecular complexity index is 914. The van der Waals surface area contributed by atoms with Crippen molar-refractivity contribution in [1.29, 1.82) is 0 Å². The van der Waals surface area contributed by atoms with Crippen LogP contribution in [0.2, 0.25) is 5.02 Å². The van der Waals surface area contributed by atoms with Crippen LogP contribution in [0.1, 0.15) is 17.6 Å². The van der Waals surface area contributed by atoms with E-state index in [1.54, 1.807) is 18.3 Å². The fraction of sp³-hybridized carbons (Fsp3) is 0.235. The maximum absolute atomic E-state index is 13.1. The molecule has 3 rings (SSSR count). The summed E-state index contributed by atoms with van der Waals surface area (Å²) in [4.78, 5) is 13.6. The van der Waals surface area contributed by atoms with Crippen molar-refractivity contribution in [1.82, 2.24) is 14.8 Å². The molecule has 0 aliphatic rings. The summed E-state index contributed by atoms with van der Waals surface area (Å²) in [6.07, 6.45) is 0.702. The minimum absolute atomic E-state index is 0.160. The maximum Gasteiger partial charge on any atom is 0.237 e. The van der Waals surface area contributed by atoms with Crippen molar-refractivity contribution < 1.29 is 9.18 Å². The number of rotatable bonds is 6. The van der Waals surface area contributed by atoms with E-state index in [2.05, 4.69) is 21.6 Å². The zero-order chi connectivity index (χ0) is 18.7. The number of benzene rings is 1. The van der Waals surface area contributed by atoms with E-state index in [1.807, 2.05) is 23.1 Å². The first-order chi connectivity index (χ1) is 12.4. The molecule has 1 N–H and O–H groups in total. The lowest BCUT2D eigenvalue weighted by molar-refractivity contribution is -0.115. The van der Waals surface area contributed by atoms with Gasteiger partial charge in [0.1, 0.15) is 11.6 Å². The van der Waals surface area contributed by atoms with Gasteiger partial charge in [-0.25, -0.2) is 4.39 Å². The number of amides is 1. The molecule has 1 aromatic carbocycles. The van der Waals surface area contributed by atoms with Crippen LogP contribution in [0.25, 0.3) is 0 Å². The van der Waals surface area contributed by atoms with Crippen molar-refractivity contribution in [3.05, 3.63) is 57.3 Å². The Balaban J connectivity index is 1.64. The Kier molecular flexibility index (Phi) is 5.95. The maximum atomic E-state index is 13.1. The van der Waals surface area contributed by atoms with Gasteiger partial charge in [-0.05, 0) is 36.6 Å². The van der Waals surface area contributed by atoms with Gasteiger partial charge in [0, 0.05) is 18.3 Å². The summed E-state index contributed by atoms with van der Waals surface area (Å²) in [6, 6.07) is 7.90. The van der Waals surface area contributed by atoms with Crippen LogP contribution in [0.15, 0.2) is 40.9 Å². The van der Waals surface area contributed by atoms with E-state index in [0.29, 0.717) is 17.3 Å². The van der Waals surface area contributed by atoms with Gasteiger partial charge in [0.25, 0.3) is 0 Å². The quantitative estimate of drug-likeness (QED) is 0.612. The number of hydrogen-bond donors (Lipinski definition) is 1. The average molecular weight is 411 g/mol. The summed E-state index contributed by atoms with van der Waals surface area (Å²) in [5, 5.41) is 13.5. The molecule has 26 heavy (non-hydrogen) atoms. The lowest BCUT2D eigenvalue weighted by Crippen LogP contribution is -2.23. The number of hydrogen-bond acceptors (Lipinski definition) is 5. The Morgan fingerprint density at radius 3 is 2.92 bits per heavy atom. The summed E-state index contributed by atoms with van der Waals surface area (Å²) in [7, 11) is 1.88. The van der Waals surface area contributed by atoms with E-state index in [9.17, 15) is 9.18 Å². The molecule has 9 heteroatoms. The third-order valence-corrected chi connectivity index (χ3v) is 6.00. The fourth-order valence-electron chi connectivity index (χ4n) is 2.21. The Labute approximate surface area is 163 Å². The van der Waals surface area contributed by atoms with Gasteiger partial charge in [0.2, 0.25) is 5.91 Å². The molecular formula is C17H16ClFN4OS2. The highest BCUT2D eigenvalue weighted by molar-refractivity contribution is 8.00. The number of halogens is 2. The van der Waals surface area contributed by atoms with Crippen LogP contribution >= 0.6 is 34.7 Å². The number of nitrogens with one attached hydrogen (secondary N) is 1. The molecule has 0 saturated heterocycles. The molecule has 3 aromatic rings. The van der Waals surface area contributed by atoms with Crippen molar-refractivity contribution >= 4 is 46.3 Å². The topological polar surface area (TPSA) is 59.8 Å². The van der Waals surface area contributed by atoms with Crippen LogP contribution in [0, 0.1) is 5.82 Å². The zero-order valence-electron chi connectivity index (χ0n) is 14.1. The smallest absolute Gasteiger partial charge is 0.237 e. The molecule has 5 nitrogen and oxygen atoms in total. The number of nitrogens with zero attached hydrogens (tertiary/aromatic N) is 3. The highest BCUT2D eigenvalue weighted by atomic mass is 35.5. The average Bonchev–Trinajstić information content (AvgIpc) is 3.22. The number of thiophene rings is 1. The van der Waals surface area contributed by atoms with Crippen LogP contribution in [0.3, 0.4) is 0 Å². The van der Waals surface area contributed by atoms with E-state index in [-0.39, 0.29) is 10.9 Å². The molecule has 0 fully saturated rings. The van der Waals surface area contributed by atoms with Crippen LogP contribution < -0.4 is 5.32 Å². The second-order valence-electron chi connectivity index (χ2n) is 5.59. The summed E-state index contributed by atoms with van der Waals surface area (Å²) >= 11 is 8.92. The van der Waals surface area contributed by atoms with Crippen molar-refractivity contribution in [3.63, 3.8) is 0 Å². The van der Waals surface area contributed by atoms with E-state index < -0.39 is 11.1 Å². The molecule has 0 unspecified atom stereocenters. The standard InChI is InChI=1S/C17H16ClFN4OS2/c1-10(16(24)20-14-6-5-11(19)8-13(14)18)26-17-22-21-15(23(17)2)9-12-4-3-7-25-12/h3-8,10H,9H2,1-2H3,(H,20,24)/t10-/m0/s1. The second-order valence-corrected chi connectivity index (χ2v) is 8.33. The lowest BCUT2D eigenvalue weighted by atomic mass is 10.3. The highest BCUT2D eigenvalue weighted by Gasteiger charge is 2.20. The number of carbonyl (C=O) groups is 1. The minimum Gasteiger partial charge on any atom is -0.324 e. The highest BCUT2D eigenvalue weighted by Crippen LogP contribution is 2.26. The molecule has 136 valence electrons. The minimum atomic E-state index is -0.451. The van der Waals surface area contributed by atoms with Gasteiger partial charge in [0.15, 0.2) is 5.16 Å². The van der Waals surface area contributed by atoms with Gasteiger partial charge in [-0.1, -0.05) is 29.4 Å². The molecule has 0 aliphatic carbocycles. The number of thioether (sulfide) groups is 1. The first kappa shape index (κ1) is 18.9. The fourth-order valence-corrected chi connectivity index (χ4v) is 3.96. The van der Waals surface area contributed by atoms with Gasteiger partial charge in [0.05, 0.1) is 16.0 Å². The molecule has 2 aromatic heterocycles. The van der Waals surface area contributed by atoms with Crippen molar-refractivity contribution in [2.75, 3.05) is 5.32 Å². The molecule has 1 atom stereocenters. The first-order valence-corrected chi connectivity index (χ1v) is 9.91. The molecule has 0 radical (unpaired) electrons. The van der Waals surface area contributed by atoms with Crippen molar-refractivity contribution in [2.24, 2.45) is 7.05 Å². The predicted octanol–water partition coefficient (Wildman–Crippen LogP) is 4.38. The second kappa shape index (κ2) is 8.20. The van der Waals surface area contributed by atoms with Gasteiger partial charge >= 0.3 is 0 Å². The summed E-state index contributed by atoms with van der Waals surface area (Å²) in [5.41, 5.74) is 0.377. The Morgan fingerprint density at radius 2 is 2.23 bits per heavy atom. The Morgan fingerprint density at radius 1 is 1.42 bits per heavy atom. The SMILES string of the molecule is C[C@H](Sc1nnc(Cc2cccs2)n1C)C(=O)Nc1ccc(F)cc1Cl. The van der Waals surface area contributed by atoms with Crippen LogP contribution in [0.5, 0.6) is 0 Å². The van der Waals surface area contributed by atoms with Crippen molar-refractivity contribution in [2.45, 2.75) is 23.8 Å². The molecule has 1 amide bonds. The summed E-state index contributed by atoms with van der Waals surface area (Å²) < 4.78 is 15.0. The van der Waals surface area contributed by atoms with E-state index in [0.717, 1.165) is 11.9 Å². The summed E-state index contributed by atoms with van der Waals surface area (Å²) in [6.45, 7) is 1.77. The third-order valence-electron chi connectivity index (χ3n) is 3.68. The summed E-state index contributed by atoms with van der Waals surface area (Å²) in [5.74, 6) is 0.142. The number of aromatic nitrogens is 3. The van der Waals surface area contributed by atoms with Crippen molar-refractivity contribution in [3.8, 4) is 0 Å². The van der Waals surface area contributed by atoms with Crippen LogP contribution in [-0.4, -0.2) is 25.9 Å². The number of anilines is 1. The molecule has 0 bridgehead atoms. The Hall–Kier alpha value is -1.90. The largest absolute Gasteiger partial charge is 0.324 e. The zero-order valence-corrected chi connectivity index (χ0v) is 16.5. The number of carbonyl (C=O) groups excluding carboxylic acids is 1. The van der Waals surface area contributed by atoms with E-state index in [4.69, 9.17) is 11.6 Å². The van der Waals surface area contributed by atoms with Gasteiger partial charge < -0.3 is 9.88 Å². The molecular weight excluding hydrogens is 395 g/mol. The monoisotopic (exact) mass is 410 g/mol. The lowest BCUT2D eigenvalue weighted by Gasteiger charge is -2.12. The molecule has 0 aliphatic heterocycles. The predicted molar refractivity (Wildman–Crippen MR) is 103 cm³/mol. The first-order valence-electron chi connectivity index (χ1n) is 7.77. The molecule has 0 spiro atoms. The van der Waals surface area contributed by atoms with Crippen LogP contribution in [0.4, 0.5) is 10.1 Å². The normalized spacial score (nSPS) is 12.2. The van der Waals surface area contributed by atoms with Crippen LogP contribution in [-0.2, 0) is 18.3 Å². The van der Waals surface area contributed by atoms with E-state index >= 15 is 0 Å². The van der Waals surface area contributed by atoms with Gasteiger partial charge in [-0.3, -0.25) is 4.79 Å².